The number of aryl methyl sites for hydroxylation is 2. The van der Waals surface area contributed by atoms with E-state index < -0.39 is 5.82 Å². The van der Waals surface area contributed by atoms with Gasteiger partial charge in [-0.15, -0.1) is 0 Å². The van der Waals surface area contributed by atoms with E-state index in [0.717, 1.165) is 11.6 Å². The van der Waals surface area contributed by atoms with Crippen LogP contribution >= 0.6 is 0 Å². The van der Waals surface area contributed by atoms with Gasteiger partial charge in [0.05, 0.1) is 0 Å². The van der Waals surface area contributed by atoms with Gasteiger partial charge in [0.2, 0.25) is 0 Å². The minimum Gasteiger partial charge on any atom is -0.508 e. The molecule has 0 bridgehead atoms. The van der Waals surface area contributed by atoms with E-state index in [9.17, 15) is 14.3 Å². The van der Waals surface area contributed by atoms with Crippen molar-refractivity contribution in [3.8, 4) is 16.9 Å². The van der Waals surface area contributed by atoms with E-state index in [-0.39, 0.29) is 11.5 Å². The molecule has 0 atom stereocenters. The van der Waals surface area contributed by atoms with Crippen LogP contribution < -0.4 is 0 Å². The number of halogens is 1. The number of carbonyl (C=O) groups is 1. The van der Waals surface area contributed by atoms with Crippen molar-refractivity contribution in [1.29, 1.82) is 0 Å². The number of fused-ring (bicyclic) bond motifs is 3. The van der Waals surface area contributed by atoms with E-state index in [1.807, 2.05) is 13.0 Å². The van der Waals surface area contributed by atoms with E-state index in [1.165, 1.54) is 0 Å². The topological polar surface area (TPSA) is 37.3 Å². The van der Waals surface area contributed by atoms with E-state index in [0.29, 0.717) is 35.1 Å². The van der Waals surface area contributed by atoms with Crippen molar-refractivity contribution in [2.45, 2.75) is 19.8 Å². The predicted molar refractivity (Wildman–Crippen MR) is 70.9 cm³/mol. The molecule has 0 spiro atoms. The molecule has 0 heterocycles. The van der Waals surface area contributed by atoms with Crippen LogP contribution in [0.4, 0.5) is 4.39 Å². The van der Waals surface area contributed by atoms with E-state index in [2.05, 4.69) is 0 Å². The Kier molecular flexibility index (Phi) is 2.63. The van der Waals surface area contributed by atoms with E-state index in [4.69, 9.17) is 0 Å². The number of benzene rings is 2. The summed E-state index contributed by atoms with van der Waals surface area (Å²) < 4.78 is 14.1. The maximum Gasteiger partial charge on any atom is 0.163 e. The maximum absolute atomic E-state index is 14.1. The number of hydrogen-bond acceptors (Lipinski definition) is 2. The average Bonchev–Trinajstić information content (AvgIpc) is 2.48. The first-order valence-electron chi connectivity index (χ1n) is 6.22. The normalized spacial score (nSPS) is 13.7. The van der Waals surface area contributed by atoms with Crippen LogP contribution in [-0.4, -0.2) is 10.9 Å². The molecular formula is C16H13FO2. The Balaban J connectivity index is 2.36. The van der Waals surface area contributed by atoms with Crippen molar-refractivity contribution in [3.63, 3.8) is 0 Å². The van der Waals surface area contributed by atoms with Crippen molar-refractivity contribution in [2.24, 2.45) is 0 Å². The Morgan fingerprint density at radius 3 is 2.68 bits per heavy atom. The second-order valence-electron chi connectivity index (χ2n) is 4.93. The molecule has 0 radical (unpaired) electrons. The lowest BCUT2D eigenvalue weighted by Gasteiger charge is -2.11. The van der Waals surface area contributed by atoms with Gasteiger partial charge in [-0.05, 0) is 36.6 Å². The Bertz CT molecular complexity index is 689. The summed E-state index contributed by atoms with van der Waals surface area (Å²) in [5, 5.41) is 9.49. The third kappa shape index (κ3) is 1.91. The molecule has 0 fully saturated rings. The van der Waals surface area contributed by atoms with Gasteiger partial charge in [-0.3, -0.25) is 4.79 Å². The Morgan fingerprint density at radius 2 is 1.89 bits per heavy atom. The summed E-state index contributed by atoms with van der Waals surface area (Å²) in [4.78, 5) is 12.1. The molecule has 3 heteroatoms. The quantitative estimate of drug-likeness (QED) is 0.781. The van der Waals surface area contributed by atoms with Crippen molar-refractivity contribution >= 4 is 5.78 Å². The molecule has 2 aromatic carbocycles. The van der Waals surface area contributed by atoms with Gasteiger partial charge in [-0.25, -0.2) is 4.39 Å². The zero-order chi connectivity index (χ0) is 13.6. The third-order valence-electron chi connectivity index (χ3n) is 3.52. The standard InChI is InChI=1S/C16H13FO2/c1-9-2-4-12-13(6-9)15(19)5-3-10-7-11(18)8-14(17)16(10)12/h2,4,6-8,18H,3,5H2,1H3. The first-order chi connectivity index (χ1) is 9.06. The van der Waals surface area contributed by atoms with Crippen LogP contribution in [0.3, 0.4) is 0 Å². The summed E-state index contributed by atoms with van der Waals surface area (Å²) in [5.41, 5.74) is 3.31. The fourth-order valence-electron chi connectivity index (χ4n) is 2.64. The van der Waals surface area contributed by atoms with E-state index >= 15 is 0 Å². The minimum atomic E-state index is -0.477. The minimum absolute atomic E-state index is 0.0220. The smallest absolute Gasteiger partial charge is 0.163 e. The largest absolute Gasteiger partial charge is 0.508 e. The fraction of sp³-hybridized carbons (Fsp3) is 0.188. The van der Waals surface area contributed by atoms with Gasteiger partial charge in [0.1, 0.15) is 11.6 Å². The number of carbonyl (C=O) groups excluding carboxylic acids is 1. The Labute approximate surface area is 110 Å². The highest BCUT2D eigenvalue weighted by Crippen LogP contribution is 2.36. The number of Topliss-reactive ketones (excluding diaryl/α,β-unsaturated/α-hetero) is 1. The van der Waals surface area contributed by atoms with Crippen molar-refractivity contribution < 1.29 is 14.3 Å². The molecule has 1 aliphatic carbocycles. The predicted octanol–water partition coefficient (Wildman–Crippen LogP) is 3.64. The number of aromatic hydroxyl groups is 1. The fourth-order valence-corrected chi connectivity index (χ4v) is 2.64. The zero-order valence-electron chi connectivity index (χ0n) is 10.5. The molecule has 0 amide bonds. The molecule has 2 nitrogen and oxygen atoms in total. The first-order valence-corrected chi connectivity index (χ1v) is 6.22. The van der Waals surface area contributed by atoms with Crippen LogP contribution in [0.5, 0.6) is 5.75 Å². The Morgan fingerprint density at radius 1 is 1.11 bits per heavy atom. The summed E-state index contributed by atoms with van der Waals surface area (Å²) in [6.07, 6.45) is 0.791. The van der Waals surface area contributed by atoms with Gasteiger partial charge < -0.3 is 5.11 Å². The highest BCUT2D eigenvalue weighted by atomic mass is 19.1. The summed E-state index contributed by atoms with van der Waals surface area (Å²) >= 11 is 0. The third-order valence-corrected chi connectivity index (χ3v) is 3.52. The second kappa shape index (κ2) is 4.19. The number of ketones is 1. The SMILES string of the molecule is Cc1ccc2c(c1)C(=O)CCc1cc(O)cc(F)c1-2. The monoisotopic (exact) mass is 256 g/mol. The second-order valence-corrected chi connectivity index (χ2v) is 4.93. The molecule has 0 aliphatic heterocycles. The average molecular weight is 256 g/mol. The van der Waals surface area contributed by atoms with Gasteiger partial charge in [-0.1, -0.05) is 17.7 Å². The van der Waals surface area contributed by atoms with Crippen LogP contribution in [0.15, 0.2) is 30.3 Å². The number of phenolic OH excluding ortho intramolecular Hbond substituents is 1. The number of phenols is 1. The van der Waals surface area contributed by atoms with Crippen LogP contribution in [0.1, 0.15) is 27.9 Å². The zero-order valence-corrected chi connectivity index (χ0v) is 10.5. The molecule has 0 aromatic heterocycles. The van der Waals surface area contributed by atoms with Gasteiger partial charge in [0.25, 0.3) is 0 Å². The maximum atomic E-state index is 14.1. The van der Waals surface area contributed by atoms with Gasteiger partial charge >= 0.3 is 0 Å². The molecule has 0 saturated carbocycles. The molecule has 2 aromatic rings. The number of hydrogen-bond donors (Lipinski definition) is 1. The van der Waals surface area contributed by atoms with E-state index in [1.54, 1.807) is 18.2 Å². The van der Waals surface area contributed by atoms with Crippen LogP contribution in [0.25, 0.3) is 11.1 Å². The van der Waals surface area contributed by atoms with Crippen LogP contribution in [-0.2, 0) is 6.42 Å². The van der Waals surface area contributed by atoms with Gasteiger partial charge in [0.15, 0.2) is 5.78 Å². The van der Waals surface area contributed by atoms with Crippen LogP contribution in [0, 0.1) is 12.7 Å². The van der Waals surface area contributed by atoms with Crippen molar-refractivity contribution in [1.82, 2.24) is 0 Å². The lowest BCUT2D eigenvalue weighted by molar-refractivity contribution is 0.0984. The highest BCUT2D eigenvalue weighted by molar-refractivity contribution is 6.04. The first kappa shape index (κ1) is 11.9. The van der Waals surface area contributed by atoms with Gasteiger partial charge in [-0.2, -0.15) is 0 Å². The molecular weight excluding hydrogens is 243 g/mol. The summed E-state index contributed by atoms with van der Waals surface area (Å²) in [5.74, 6) is -0.553. The molecule has 3 rings (SSSR count). The summed E-state index contributed by atoms with van der Waals surface area (Å²) in [7, 11) is 0. The molecule has 0 unspecified atom stereocenters. The lowest BCUT2D eigenvalue weighted by atomic mass is 9.94. The molecule has 19 heavy (non-hydrogen) atoms. The highest BCUT2D eigenvalue weighted by Gasteiger charge is 2.23. The molecule has 96 valence electrons. The van der Waals surface area contributed by atoms with Crippen LogP contribution in [0.2, 0.25) is 0 Å². The summed E-state index contributed by atoms with van der Waals surface area (Å²) in [6, 6.07) is 8.10. The number of rotatable bonds is 0. The molecule has 1 N–H and O–H groups in total. The lowest BCUT2D eigenvalue weighted by Crippen LogP contribution is -2.00. The van der Waals surface area contributed by atoms with Crippen molar-refractivity contribution in [3.05, 3.63) is 52.8 Å². The molecule has 1 aliphatic rings. The molecule has 0 saturated heterocycles. The summed E-state index contributed by atoms with van der Waals surface area (Å²) in [6.45, 7) is 1.91. The van der Waals surface area contributed by atoms with Crippen molar-refractivity contribution in [2.75, 3.05) is 0 Å². The van der Waals surface area contributed by atoms with Gasteiger partial charge in [0, 0.05) is 23.6 Å². The Hall–Kier alpha value is -2.16.